The number of nitrogens with two attached hydrogens (primary N) is 1. The highest BCUT2D eigenvalue weighted by Crippen LogP contribution is 2.16. The van der Waals surface area contributed by atoms with Crippen LogP contribution in [0.5, 0.6) is 0 Å². The molecule has 1 rings (SSSR count). The van der Waals surface area contributed by atoms with Crippen molar-refractivity contribution in [2.75, 3.05) is 11.1 Å². The topological polar surface area (TPSA) is 55.1 Å². The van der Waals surface area contributed by atoms with Gasteiger partial charge in [0.2, 0.25) is 5.91 Å². The fraction of sp³-hybridized carbons (Fsp3) is 0.500. The van der Waals surface area contributed by atoms with Crippen LogP contribution in [0.3, 0.4) is 0 Å². The van der Waals surface area contributed by atoms with Gasteiger partial charge in [-0.25, -0.2) is 4.39 Å². The van der Waals surface area contributed by atoms with Crippen LogP contribution in [0.2, 0.25) is 0 Å². The molecule has 4 heteroatoms. The lowest BCUT2D eigenvalue weighted by Gasteiger charge is -2.06. The zero-order valence-electron chi connectivity index (χ0n) is 10.8. The molecule has 0 bridgehead atoms. The number of halogens is 1. The normalized spacial score (nSPS) is 10.3. The van der Waals surface area contributed by atoms with Crippen molar-refractivity contribution in [2.24, 2.45) is 0 Å². The Hall–Kier alpha value is -1.58. The Labute approximate surface area is 108 Å². The number of unbranched alkanes of at least 4 members (excludes halogenated alkanes) is 4. The van der Waals surface area contributed by atoms with Gasteiger partial charge in [-0.1, -0.05) is 32.6 Å². The molecule has 0 heterocycles. The van der Waals surface area contributed by atoms with Crippen LogP contribution >= 0.6 is 0 Å². The molecule has 0 aliphatic rings. The number of anilines is 2. The fourth-order valence-electron chi connectivity index (χ4n) is 1.72. The van der Waals surface area contributed by atoms with E-state index in [1.807, 2.05) is 0 Å². The summed E-state index contributed by atoms with van der Waals surface area (Å²) in [6.07, 6.45) is 6.00. The molecule has 0 atom stereocenters. The van der Waals surface area contributed by atoms with E-state index in [1.54, 1.807) is 6.07 Å². The summed E-state index contributed by atoms with van der Waals surface area (Å²) in [5.74, 6) is -0.577. The molecule has 0 aliphatic heterocycles. The molecule has 0 saturated heterocycles. The van der Waals surface area contributed by atoms with E-state index < -0.39 is 5.82 Å². The summed E-state index contributed by atoms with van der Waals surface area (Å²) in [6.45, 7) is 2.16. The molecule has 0 saturated carbocycles. The third kappa shape index (κ3) is 5.17. The Balaban J connectivity index is 2.29. The molecule has 100 valence electrons. The lowest BCUT2D eigenvalue weighted by molar-refractivity contribution is -0.116. The summed E-state index contributed by atoms with van der Waals surface area (Å²) in [5.41, 5.74) is 5.91. The SMILES string of the molecule is CCCCCCCC(=O)Nc1ccc(N)c(F)c1. The third-order valence-electron chi connectivity index (χ3n) is 2.79. The molecular weight excluding hydrogens is 231 g/mol. The van der Waals surface area contributed by atoms with Gasteiger partial charge >= 0.3 is 0 Å². The largest absolute Gasteiger partial charge is 0.396 e. The molecule has 0 fully saturated rings. The predicted octanol–water partition coefficient (Wildman–Crippen LogP) is 3.71. The molecule has 1 aromatic rings. The van der Waals surface area contributed by atoms with Crippen molar-refractivity contribution < 1.29 is 9.18 Å². The highest BCUT2D eigenvalue weighted by Gasteiger charge is 2.04. The smallest absolute Gasteiger partial charge is 0.224 e. The molecule has 0 aromatic heterocycles. The van der Waals surface area contributed by atoms with Gasteiger partial charge in [0.05, 0.1) is 5.69 Å². The van der Waals surface area contributed by atoms with Gasteiger partial charge in [0.25, 0.3) is 0 Å². The fourth-order valence-corrected chi connectivity index (χ4v) is 1.72. The number of rotatable bonds is 7. The zero-order chi connectivity index (χ0) is 13.4. The second-order valence-corrected chi connectivity index (χ2v) is 4.45. The summed E-state index contributed by atoms with van der Waals surface area (Å²) in [4.78, 5) is 11.6. The lowest BCUT2D eigenvalue weighted by Crippen LogP contribution is -2.11. The second kappa shape index (κ2) is 7.69. The van der Waals surface area contributed by atoms with Crippen LogP contribution < -0.4 is 11.1 Å². The van der Waals surface area contributed by atoms with Crippen molar-refractivity contribution in [2.45, 2.75) is 45.4 Å². The first-order valence-corrected chi connectivity index (χ1v) is 6.48. The lowest BCUT2D eigenvalue weighted by atomic mass is 10.1. The van der Waals surface area contributed by atoms with Gasteiger partial charge in [-0.15, -0.1) is 0 Å². The quantitative estimate of drug-likeness (QED) is 0.574. The number of nitrogens with one attached hydrogen (secondary N) is 1. The van der Waals surface area contributed by atoms with Crippen LogP contribution in [-0.4, -0.2) is 5.91 Å². The van der Waals surface area contributed by atoms with E-state index >= 15 is 0 Å². The minimum atomic E-state index is -0.504. The average molecular weight is 252 g/mol. The van der Waals surface area contributed by atoms with Crippen LogP contribution in [0.4, 0.5) is 15.8 Å². The van der Waals surface area contributed by atoms with Gasteiger partial charge in [0, 0.05) is 12.1 Å². The zero-order valence-corrected chi connectivity index (χ0v) is 10.8. The van der Waals surface area contributed by atoms with Crippen molar-refractivity contribution >= 4 is 17.3 Å². The maximum atomic E-state index is 13.1. The first kappa shape index (κ1) is 14.5. The van der Waals surface area contributed by atoms with Gasteiger partial charge in [-0.05, 0) is 24.6 Å². The van der Waals surface area contributed by atoms with Crippen LogP contribution in [0.1, 0.15) is 45.4 Å². The van der Waals surface area contributed by atoms with E-state index in [0.717, 1.165) is 12.8 Å². The second-order valence-electron chi connectivity index (χ2n) is 4.45. The van der Waals surface area contributed by atoms with Gasteiger partial charge in [-0.2, -0.15) is 0 Å². The first-order chi connectivity index (χ1) is 8.63. The van der Waals surface area contributed by atoms with E-state index in [0.29, 0.717) is 12.1 Å². The Kier molecular flexibility index (Phi) is 6.19. The third-order valence-corrected chi connectivity index (χ3v) is 2.79. The molecule has 1 aromatic carbocycles. The number of nitrogen functional groups attached to an aromatic ring is 1. The number of benzene rings is 1. The average Bonchev–Trinajstić information content (AvgIpc) is 2.34. The predicted molar refractivity (Wildman–Crippen MR) is 72.8 cm³/mol. The molecule has 18 heavy (non-hydrogen) atoms. The Morgan fingerprint density at radius 1 is 1.28 bits per heavy atom. The number of hydrogen-bond donors (Lipinski definition) is 2. The highest BCUT2D eigenvalue weighted by molar-refractivity contribution is 5.90. The molecule has 1 amide bonds. The number of carbonyl (C=O) groups excluding carboxylic acids is 1. The summed E-state index contributed by atoms with van der Waals surface area (Å²) >= 11 is 0. The van der Waals surface area contributed by atoms with Crippen molar-refractivity contribution in [1.82, 2.24) is 0 Å². The van der Waals surface area contributed by atoms with Crippen molar-refractivity contribution in [3.8, 4) is 0 Å². The number of hydrogen-bond acceptors (Lipinski definition) is 2. The Morgan fingerprint density at radius 3 is 2.67 bits per heavy atom. The monoisotopic (exact) mass is 252 g/mol. The van der Waals surface area contributed by atoms with Crippen molar-refractivity contribution in [1.29, 1.82) is 0 Å². The van der Waals surface area contributed by atoms with Crippen LogP contribution in [0.25, 0.3) is 0 Å². The van der Waals surface area contributed by atoms with Gasteiger partial charge in [0.15, 0.2) is 0 Å². The van der Waals surface area contributed by atoms with Gasteiger partial charge in [-0.3, -0.25) is 4.79 Å². The number of carbonyl (C=O) groups is 1. The van der Waals surface area contributed by atoms with E-state index in [1.165, 1.54) is 31.4 Å². The highest BCUT2D eigenvalue weighted by atomic mass is 19.1. The summed E-state index contributed by atoms with van der Waals surface area (Å²) in [7, 11) is 0. The van der Waals surface area contributed by atoms with Crippen LogP contribution in [-0.2, 0) is 4.79 Å². The minimum absolute atomic E-state index is 0.0735. The number of amides is 1. The maximum absolute atomic E-state index is 13.1. The van der Waals surface area contributed by atoms with E-state index in [2.05, 4.69) is 12.2 Å². The standard InChI is InChI=1S/C14H21FN2O/c1-2-3-4-5-6-7-14(18)17-11-8-9-13(16)12(15)10-11/h8-10H,2-7,16H2,1H3,(H,17,18). The summed E-state index contributed by atoms with van der Waals surface area (Å²) < 4.78 is 13.1. The summed E-state index contributed by atoms with van der Waals surface area (Å²) in [5, 5.41) is 2.67. The van der Waals surface area contributed by atoms with Gasteiger partial charge in [0.1, 0.15) is 5.82 Å². The molecule has 0 spiro atoms. The molecule has 0 radical (unpaired) electrons. The van der Waals surface area contributed by atoms with Crippen LogP contribution in [0.15, 0.2) is 18.2 Å². The minimum Gasteiger partial charge on any atom is -0.396 e. The molecular formula is C14H21FN2O. The molecule has 0 aliphatic carbocycles. The van der Waals surface area contributed by atoms with Crippen LogP contribution in [0, 0.1) is 5.82 Å². The van der Waals surface area contributed by atoms with E-state index in [-0.39, 0.29) is 11.6 Å². The molecule has 3 N–H and O–H groups in total. The maximum Gasteiger partial charge on any atom is 0.224 e. The van der Waals surface area contributed by atoms with E-state index in [4.69, 9.17) is 5.73 Å². The molecule has 3 nitrogen and oxygen atoms in total. The molecule has 0 unspecified atom stereocenters. The van der Waals surface area contributed by atoms with Crippen molar-refractivity contribution in [3.05, 3.63) is 24.0 Å². The Morgan fingerprint density at radius 2 is 2.00 bits per heavy atom. The Bertz CT molecular complexity index is 393. The summed E-state index contributed by atoms with van der Waals surface area (Å²) in [6, 6.07) is 4.30. The van der Waals surface area contributed by atoms with E-state index in [9.17, 15) is 9.18 Å². The van der Waals surface area contributed by atoms with Gasteiger partial charge < -0.3 is 11.1 Å². The van der Waals surface area contributed by atoms with Crippen molar-refractivity contribution in [3.63, 3.8) is 0 Å². The first-order valence-electron chi connectivity index (χ1n) is 6.48.